The SMILES string of the molecule is O=C(Nc1c(-c2ccc(F)cc2)n[nH]c1C1CC1)C1CCC1. The number of carbonyl (C=O) groups is 1. The summed E-state index contributed by atoms with van der Waals surface area (Å²) in [6.07, 6.45) is 5.31. The molecule has 0 unspecified atom stereocenters. The van der Waals surface area contributed by atoms with Crippen molar-refractivity contribution in [2.75, 3.05) is 5.32 Å². The Hall–Kier alpha value is -2.17. The zero-order valence-corrected chi connectivity index (χ0v) is 12.2. The molecule has 0 atom stereocenters. The highest BCUT2D eigenvalue weighted by Crippen LogP contribution is 2.45. The summed E-state index contributed by atoms with van der Waals surface area (Å²) in [5, 5.41) is 10.5. The quantitative estimate of drug-likeness (QED) is 0.901. The molecule has 4 nitrogen and oxygen atoms in total. The predicted octanol–water partition coefficient (Wildman–Crippen LogP) is 3.83. The first-order chi connectivity index (χ1) is 10.7. The minimum Gasteiger partial charge on any atom is -0.322 e. The van der Waals surface area contributed by atoms with Gasteiger partial charge in [0.1, 0.15) is 11.5 Å². The second kappa shape index (κ2) is 5.23. The van der Waals surface area contributed by atoms with Crippen LogP contribution in [0.4, 0.5) is 10.1 Å². The number of rotatable bonds is 4. The van der Waals surface area contributed by atoms with Gasteiger partial charge in [-0.2, -0.15) is 5.10 Å². The number of aromatic amines is 1. The highest BCUT2D eigenvalue weighted by Gasteiger charge is 2.32. The normalized spacial score (nSPS) is 18.0. The number of halogens is 1. The van der Waals surface area contributed by atoms with E-state index in [1.165, 1.54) is 12.1 Å². The number of nitrogens with one attached hydrogen (secondary N) is 2. The van der Waals surface area contributed by atoms with Gasteiger partial charge in [-0.25, -0.2) is 4.39 Å². The van der Waals surface area contributed by atoms with Crippen molar-refractivity contribution in [1.29, 1.82) is 0 Å². The van der Waals surface area contributed by atoms with Crippen LogP contribution in [-0.4, -0.2) is 16.1 Å². The Balaban J connectivity index is 1.68. The molecule has 2 aliphatic rings. The number of anilines is 1. The molecule has 1 amide bonds. The van der Waals surface area contributed by atoms with E-state index >= 15 is 0 Å². The van der Waals surface area contributed by atoms with Gasteiger partial charge in [-0.15, -0.1) is 0 Å². The lowest BCUT2D eigenvalue weighted by Crippen LogP contribution is -2.28. The minimum absolute atomic E-state index is 0.0814. The maximum absolute atomic E-state index is 13.1. The Bertz CT molecular complexity index is 699. The largest absolute Gasteiger partial charge is 0.322 e. The first-order valence-corrected chi connectivity index (χ1v) is 7.87. The smallest absolute Gasteiger partial charge is 0.227 e. The van der Waals surface area contributed by atoms with E-state index in [0.29, 0.717) is 11.6 Å². The maximum atomic E-state index is 13.1. The summed E-state index contributed by atoms with van der Waals surface area (Å²) in [6.45, 7) is 0. The molecular formula is C17H18FN3O. The van der Waals surface area contributed by atoms with Crippen LogP contribution in [0.2, 0.25) is 0 Å². The summed E-state index contributed by atoms with van der Waals surface area (Å²) < 4.78 is 13.1. The van der Waals surface area contributed by atoms with Gasteiger partial charge in [-0.3, -0.25) is 9.89 Å². The van der Waals surface area contributed by atoms with Crippen LogP contribution >= 0.6 is 0 Å². The molecule has 0 spiro atoms. The molecule has 0 radical (unpaired) electrons. The Labute approximate surface area is 128 Å². The maximum Gasteiger partial charge on any atom is 0.227 e. The number of carbonyl (C=O) groups excluding carboxylic acids is 1. The van der Waals surface area contributed by atoms with Crippen LogP contribution in [0.5, 0.6) is 0 Å². The van der Waals surface area contributed by atoms with Gasteiger partial charge in [0.25, 0.3) is 0 Å². The summed E-state index contributed by atoms with van der Waals surface area (Å²) in [5.74, 6) is 0.390. The molecule has 2 aromatic rings. The third-order valence-electron chi connectivity index (χ3n) is 4.62. The molecule has 0 bridgehead atoms. The van der Waals surface area contributed by atoms with Crippen molar-refractivity contribution in [2.45, 2.75) is 38.0 Å². The molecule has 114 valence electrons. The molecule has 2 saturated carbocycles. The van der Waals surface area contributed by atoms with Crippen molar-refractivity contribution in [2.24, 2.45) is 5.92 Å². The van der Waals surface area contributed by atoms with Gasteiger partial charge < -0.3 is 5.32 Å². The van der Waals surface area contributed by atoms with Crippen molar-refractivity contribution < 1.29 is 9.18 Å². The molecule has 0 saturated heterocycles. The van der Waals surface area contributed by atoms with E-state index in [0.717, 1.165) is 49.0 Å². The van der Waals surface area contributed by atoms with Gasteiger partial charge in [0.15, 0.2) is 0 Å². The number of nitrogens with zero attached hydrogens (tertiary/aromatic N) is 1. The average molecular weight is 299 g/mol. The van der Waals surface area contributed by atoms with E-state index < -0.39 is 0 Å². The standard InChI is InChI=1S/C17H18FN3O/c18-13-8-6-11(7-9-13)15-16(14(20-21-15)10-4-5-10)19-17(22)12-2-1-3-12/h6-10,12H,1-5H2,(H,19,22)(H,20,21). The summed E-state index contributed by atoms with van der Waals surface area (Å²) in [4.78, 5) is 12.3. The van der Waals surface area contributed by atoms with Gasteiger partial charge >= 0.3 is 0 Å². The number of benzene rings is 1. The third kappa shape index (κ3) is 2.40. The lowest BCUT2D eigenvalue weighted by Gasteiger charge is -2.24. The van der Waals surface area contributed by atoms with Crippen LogP contribution in [0.3, 0.4) is 0 Å². The highest BCUT2D eigenvalue weighted by molar-refractivity contribution is 5.97. The fourth-order valence-electron chi connectivity index (χ4n) is 2.86. The number of H-pyrrole nitrogens is 1. The fraction of sp³-hybridized carbons (Fsp3) is 0.412. The monoisotopic (exact) mass is 299 g/mol. The second-order valence-corrected chi connectivity index (χ2v) is 6.26. The molecule has 1 heterocycles. The molecule has 4 rings (SSSR count). The van der Waals surface area contributed by atoms with Crippen LogP contribution in [0.1, 0.15) is 43.7 Å². The van der Waals surface area contributed by atoms with E-state index in [4.69, 9.17) is 0 Å². The minimum atomic E-state index is -0.276. The Morgan fingerprint density at radius 1 is 1.18 bits per heavy atom. The average Bonchev–Trinajstić information content (AvgIpc) is 3.20. The summed E-state index contributed by atoms with van der Waals surface area (Å²) >= 11 is 0. The van der Waals surface area contributed by atoms with E-state index in [2.05, 4.69) is 15.5 Å². The van der Waals surface area contributed by atoms with Crippen molar-refractivity contribution in [3.05, 3.63) is 35.8 Å². The molecule has 2 N–H and O–H groups in total. The summed E-state index contributed by atoms with van der Waals surface area (Å²) in [6, 6.07) is 6.22. The number of hydrogen-bond donors (Lipinski definition) is 2. The summed E-state index contributed by atoms with van der Waals surface area (Å²) in [5.41, 5.74) is 3.31. The summed E-state index contributed by atoms with van der Waals surface area (Å²) in [7, 11) is 0. The van der Waals surface area contributed by atoms with Gasteiger partial charge in [0.05, 0.1) is 11.4 Å². The number of hydrogen-bond acceptors (Lipinski definition) is 2. The molecule has 22 heavy (non-hydrogen) atoms. The van der Waals surface area contributed by atoms with Crippen LogP contribution < -0.4 is 5.32 Å². The zero-order valence-electron chi connectivity index (χ0n) is 12.2. The molecule has 2 fully saturated rings. The highest BCUT2D eigenvalue weighted by atomic mass is 19.1. The first kappa shape index (κ1) is 13.5. The van der Waals surface area contributed by atoms with E-state index in [9.17, 15) is 9.18 Å². The van der Waals surface area contributed by atoms with Crippen LogP contribution in [0, 0.1) is 11.7 Å². The molecular weight excluding hydrogens is 281 g/mol. The number of amides is 1. The van der Waals surface area contributed by atoms with Gasteiger partial charge in [0, 0.05) is 17.4 Å². The second-order valence-electron chi connectivity index (χ2n) is 6.26. The van der Waals surface area contributed by atoms with E-state index in [1.807, 2.05) is 0 Å². The third-order valence-corrected chi connectivity index (χ3v) is 4.62. The van der Waals surface area contributed by atoms with E-state index in [-0.39, 0.29) is 17.6 Å². The molecule has 1 aromatic heterocycles. The predicted molar refractivity (Wildman–Crippen MR) is 81.9 cm³/mol. The lowest BCUT2D eigenvalue weighted by atomic mass is 9.84. The van der Waals surface area contributed by atoms with Gasteiger partial charge in [0.2, 0.25) is 5.91 Å². The van der Waals surface area contributed by atoms with Crippen molar-refractivity contribution in [3.63, 3.8) is 0 Å². The first-order valence-electron chi connectivity index (χ1n) is 7.87. The van der Waals surface area contributed by atoms with Gasteiger partial charge in [-0.1, -0.05) is 6.42 Å². The molecule has 1 aromatic carbocycles. The lowest BCUT2D eigenvalue weighted by molar-refractivity contribution is -0.122. The topological polar surface area (TPSA) is 57.8 Å². The molecule has 2 aliphatic carbocycles. The Kier molecular flexibility index (Phi) is 3.21. The van der Waals surface area contributed by atoms with Crippen LogP contribution in [0.25, 0.3) is 11.3 Å². The van der Waals surface area contributed by atoms with Crippen LogP contribution in [-0.2, 0) is 4.79 Å². The van der Waals surface area contributed by atoms with Crippen molar-refractivity contribution in [1.82, 2.24) is 10.2 Å². The molecule has 5 heteroatoms. The van der Waals surface area contributed by atoms with E-state index in [1.54, 1.807) is 12.1 Å². The van der Waals surface area contributed by atoms with Crippen molar-refractivity contribution in [3.8, 4) is 11.3 Å². The molecule has 0 aliphatic heterocycles. The van der Waals surface area contributed by atoms with Gasteiger partial charge in [-0.05, 0) is 49.9 Å². The fourth-order valence-corrected chi connectivity index (χ4v) is 2.86. The van der Waals surface area contributed by atoms with Crippen LogP contribution in [0.15, 0.2) is 24.3 Å². The number of aromatic nitrogens is 2. The zero-order chi connectivity index (χ0) is 15.1. The van der Waals surface area contributed by atoms with Crippen molar-refractivity contribution >= 4 is 11.6 Å². The Morgan fingerprint density at radius 3 is 2.50 bits per heavy atom. The Morgan fingerprint density at radius 2 is 1.91 bits per heavy atom.